The summed E-state index contributed by atoms with van der Waals surface area (Å²) < 4.78 is 6.60. The van der Waals surface area contributed by atoms with Crippen LogP contribution in [-0.4, -0.2) is 13.7 Å². The molecule has 0 spiro atoms. The Kier molecular flexibility index (Phi) is 6.27. The van der Waals surface area contributed by atoms with Crippen LogP contribution in [0.4, 0.5) is 0 Å². The molecule has 1 unspecified atom stereocenters. The molecule has 114 valence electrons. The van der Waals surface area contributed by atoms with E-state index in [2.05, 4.69) is 52.6 Å². The minimum absolute atomic E-state index is 0.341. The molecule has 1 aromatic heterocycles. The molecule has 1 atom stereocenters. The Labute approximate surface area is 139 Å². The molecule has 0 amide bonds. The number of benzene rings is 1. The SMILES string of the molecule is CCCNC(Cc1cc(Br)ccc1OC)c1sccc1C. The lowest BCUT2D eigenvalue weighted by atomic mass is 10.0. The first-order valence-electron chi connectivity index (χ1n) is 7.25. The van der Waals surface area contributed by atoms with Gasteiger partial charge in [0.15, 0.2) is 0 Å². The monoisotopic (exact) mass is 367 g/mol. The number of rotatable bonds is 7. The summed E-state index contributed by atoms with van der Waals surface area (Å²) in [6.45, 7) is 5.41. The molecule has 0 bridgehead atoms. The van der Waals surface area contributed by atoms with E-state index in [-0.39, 0.29) is 0 Å². The Bertz CT molecular complexity index is 582. The number of nitrogens with one attached hydrogen (secondary N) is 1. The molecule has 0 aliphatic carbocycles. The van der Waals surface area contributed by atoms with Crippen molar-refractivity contribution in [1.82, 2.24) is 5.32 Å². The first-order valence-corrected chi connectivity index (χ1v) is 8.92. The van der Waals surface area contributed by atoms with E-state index in [1.807, 2.05) is 23.5 Å². The van der Waals surface area contributed by atoms with Gasteiger partial charge in [0.05, 0.1) is 7.11 Å². The van der Waals surface area contributed by atoms with E-state index in [9.17, 15) is 0 Å². The van der Waals surface area contributed by atoms with Crippen molar-refractivity contribution in [3.05, 3.63) is 50.1 Å². The predicted molar refractivity (Wildman–Crippen MR) is 94.5 cm³/mol. The van der Waals surface area contributed by atoms with Gasteiger partial charge >= 0.3 is 0 Å². The second kappa shape index (κ2) is 7.97. The quantitative estimate of drug-likeness (QED) is 0.733. The van der Waals surface area contributed by atoms with Gasteiger partial charge in [-0.2, -0.15) is 0 Å². The smallest absolute Gasteiger partial charge is 0.122 e. The lowest BCUT2D eigenvalue weighted by molar-refractivity contribution is 0.405. The molecule has 1 aromatic carbocycles. The van der Waals surface area contributed by atoms with Crippen LogP contribution in [0, 0.1) is 6.92 Å². The molecular weight excluding hydrogens is 346 g/mol. The summed E-state index contributed by atoms with van der Waals surface area (Å²) in [6, 6.07) is 8.74. The normalized spacial score (nSPS) is 12.4. The summed E-state index contributed by atoms with van der Waals surface area (Å²) in [5.41, 5.74) is 2.59. The van der Waals surface area contributed by atoms with Gasteiger partial charge in [0.1, 0.15) is 5.75 Å². The fourth-order valence-electron chi connectivity index (χ4n) is 2.44. The molecule has 0 radical (unpaired) electrons. The average molecular weight is 368 g/mol. The van der Waals surface area contributed by atoms with Crippen LogP contribution in [0.25, 0.3) is 0 Å². The summed E-state index contributed by atoms with van der Waals surface area (Å²) in [5, 5.41) is 5.84. The van der Waals surface area contributed by atoms with Crippen LogP contribution in [0.2, 0.25) is 0 Å². The Morgan fingerprint density at radius 2 is 2.14 bits per heavy atom. The van der Waals surface area contributed by atoms with Gasteiger partial charge in [0.2, 0.25) is 0 Å². The lowest BCUT2D eigenvalue weighted by Gasteiger charge is -2.20. The molecule has 21 heavy (non-hydrogen) atoms. The van der Waals surface area contributed by atoms with E-state index < -0.39 is 0 Å². The molecule has 0 fully saturated rings. The molecule has 4 heteroatoms. The highest BCUT2D eigenvalue weighted by Gasteiger charge is 2.17. The molecule has 1 heterocycles. The number of hydrogen-bond donors (Lipinski definition) is 1. The van der Waals surface area contributed by atoms with Gasteiger partial charge in [-0.05, 0) is 67.1 Å². The highest BCUT2D eigenvalue weighted by molar-refractivity contribution is 9.10. The van der Waals surface area contributed by atoms with E-state index >= 15 is 0 Å². The number of hydrogen-bond acceptors (Lipinski definition) is 3. The third-order valence-electron chi connectivity index (χ3n) is 3.53. The zero-order valence-electron chi connectivity index (χ0n) is 12.8. The van der Waals surface area contributed by atoms with E-state index in [0.29, 0.717) is 6.04 Å². The lowest BCUT2D eigenvalue weighted by Crippen LogP contribution is -2.24. The first kappa shape index (κ1) is 16.5. The highest BCUT2D eigenvalue weighted by Crippen LogP contribution is 2.31. The summed E-state index contributed by atoms with van der Waals surface area (Å²) >= 11 is 5.39. The molecular formula is C17H22BrNOS. The van der Waals surface area contributed by atoms with E-state index in [0.717, 1.165) is 29.6 Å². The van der Waals surface area contributed by atoms with Crippen molar-refractivity contribution in [3.8, 4) is 5.75 Å². The first-order chi connectivity index (χ1) is 10.2. The zero-order chi connectivity index (χ0) is 15.2. The van der Waals surface area contributed by atoms with Crippen molar-refractivity contribution in [2.24, 2.45) is 0 Å². The number of aryl methyl sites for hydroxylation is 1. The van der Waals surface area contributed by atoms with E-state index in [1.165, 1.54) is 16.0 Å². The van der Waals surface area contributed by atoms with Crippen molar-refractivity contribution in [2.45, 2.75) is 32.7 Å². The van der Waals surface area contributed by atoms with Gasteiger partial charge in [-0.15, -0.1) is 11.3 Å². The minimum Gasteiger partial charge on any atom is -0.496 e. The highest BCUT2D eigenvalue weighted by atomic mass is 79.9. The Morgan fingerprint density at radius 3 is 2.76 bits per heavy atom. The van der Waals surface area contributed by atoms with Crippen molar-refractivity contribution in [3.63, 3.8) is 0 Å². The van der Waals surface area contributed by atoms with Crippen LogP contribution in [0.15, 0.2) is 34.1 Å². The summed E-state index contributed by atoms with van der Waals surface area (Å²) in [5.74, 6) is 0.954. The number of methoxy groups -OCH3 is 1. The van der Waals surface area contributed by atoms with E-state index in [4.69, 9.17) is 4.74 Å². The van der Waals surface area contributed by atoms with Crippen LogP contribution in [-0.2, 0) is 6.42 Å². The van der Waals surface area contributed by atoms with Crippen LogP contribution < -0.4 is 10.1 Å². The van der Waals surface area contributed by atoms with Gasteiger partial charge < -0.3 is 10.1 Å². The third kappa shape index (κ3) is 4.31. The van der Waals surface area contributed by atoms with Gasteiger partial charge in [-0.25, -0.2) is 0 Å². The Balaban J connectivity index is 2.26. The maximum atomic E-state index is 5.51. The van der Waals surface area contributed by atoms with Crippen LogP contribution in [0.1, 0.15) is 35.4 Å². The summed E-state index contributed by atoms with van der Waals surface area (Å²) in [7, 11) is 1.73. The maximum absolute atomic E-state index is 5.51. The second-order valence-corrected chi connectivity index (χ2v) is 7.00. The topological polar surface area (TPSA) is 21.3 Å². The molecule has 2 rings (SSSR count). The van der Waals surface area contributed by atoms with Gasteiger partial charge in [-0.1, -0.05) is 22.9 Å². The number of halogens is 1. The van der Waals surface area contributed by atoms with Gasteiger partial charge in [-0.3, -0.25) is 0 Å². The summed E-state index contributed by atoms with van der Waals surface area (Å²) in [4.78, 5) is 1.42. The molecule has 0 aliphatic heterocycles. The summed E-state index contributed by atoms with van der Waals surface area (Å²) in [6.07, 6.45) is 2.07. The molecule has 1 N–H and O–H groups in total. The van der Waals surface area contributed by atoms with E-state index in [1.54, 1.807) is 7.11 Å². The van der Waals surface area contributed by atoms with Gasteiger partial charge in [0.25, 0.3) is 0 Å². The number of thiophene rings is 1. The number of ether oxygens (including phenoxy) is 1. The predicted octanol–water partition coefficient (Wildman–Crippen LogP) is 5.11. The molecule has 0 aliphatic rings. The molecule has 0 saturated carbocycles. The third-order valence-corrected chi connectivity index (χ3v) is 5.15. The van der Waals surface area contributed by atoms with Crippen molar-refractivity contribution in [2.75, 3.05) is 13.7 Å². The largest absolute Gasteiger partial charge is 0.496 e. The molecule has 2 nitrogen and oxygen atoms in total. The standard InChI is InChI=1S/C17H22BrNOS/c1-4-8-19-15(17-12(2)7-9-21-17)11-13-10-14(18)5-6-16(13)20-3/h5-7,9-10,15,19H,4,8,11H2,1-3H3. The maximum Gasteiger partial charge on any atom is 0.122 e. The fourth-order valence-corrected chi connectivity index (χ4v) is 3.86. The average Bonchev–Trinajstić information content (AvgIpc) is 2.90. The molecule has 0 saturated heterocycles. The fraction of sp³-hybridized carbons (Fsp3) is 0.412. The molecule has 2 aromatic rings. The minimum atomic E-state index is 0.341. The zero-order valence-corrected chi connectivity index (χ0v) is 15.2. The van der Waals surface area contributed by atoms with Crippen LogP contribution in [0.3, 0.4) is 0 Å². The van der Waals surface area contributed by atoms with Crippen molar-refractivity contribution in [1.29, 1.82) is 0 Å². The second-order valence-electron chi connectivity index (χ2n) is 5.13. The van der Waals surface area contributed by atoms with Crippen molar-refractivity contribution >= 4 is 27.3 Å². The van der Waals surface area contributed by atoms with Crippen LogP contribution in [0.5, 0.6) is 5.75 Å². The van der Waals surface area contributed by atoms with Gasteiger partial charge in [0, 0.05) is 15.4 Å². The van der Waals surface area contributed by atoms with Crippen molar-refractivity contribution < 1.29 is 4.74 Å². The Hall–Kier alpha value is -0.840. The van der Waals surface area contributed by atoms with Crippen LogP contribution >= 0.6 is 27.3 Å². The Morgan fingerprint density at radius 1 is 1.33 bits per heavy atom.